The van der Waals surface area contributed by atoms with Crippen molar-refractivity contribution in [3.63, 3.8) is 0 Å². The molecule has 0 spiro atoms. The van der Waals surface area contributed by atoms with Gasteiger partial charge in [0.05, 0.1) is 0 Å². The summed E-state index contributed by atoms with van der Waals surface area (Å²) in [5.41, 5.74) is 3.57. The van der Waals surface area contributed by atoms with E-state index in [2.05, 4.69) is 10.2 Å². The molecule has 4 rings (SSSR count). The molecule has 0 aliphatic carbocycles. The highest BCUT2D eigenvalue weighted by Gasteiger charge is 2.30. The third kappa shape index (κ3) is 4.81. The van der Waals surface area contributed by atoms with Crippen LogP contribution < -0.4 is 4.90 Å². The summed E-state index contributed by atoms with van der Waals surface area (Å²) in [6.45, 7) is 1.23. The van der Waals surface area contributed by atoms with E-state index >= 15 is 0 Å². The van der Waals surface area contributed by atoms with Crippen molar-refractivity contribution in [3.05, 3.63) is 94.1 Å². The maximum Gasteiger partial charge on any atom is 0.253 e. The van der Waals surface area contributed by atoms with Gasteiger partial charge >= 0.3 is 0 Å². The second-order valence-corrected chi connectivity index (χ2v) is 8.48. The Morgan fingerprint density at radius 3 is 2.19 bits per heavy atom. The van der Waals surface area contributed by atoms with Gasteiger partial charge in [-0.3, -0.25) is 9.78 Å². The third-order valence-corrected chi connectivity index (χ3v) is 6.40. The van der Waals surface area contributed by atoms with Crippen LogP contribution in [0.1, 0.15) is 34.8 Å². The van der Waals surface area contributed by atoms with Gasteiger partial charge in [-0.25, -0.2) is 0 Å². The number of amides is 1. The molecule has 32 heavy (non-hydrogen) atoms. The maximum atomic E-state index is 13.0. The lowest BCUT2D eigenvalue weighted by Crippen LogP contribution is -2.39. The smallest absolute Gasteiger partial charge is 0.253 e. The van der Waals surface area contributed by atoms with Gasteiger partial charge < -0.3 is 9.80 Å². The van der Waals surface area contributed by atoms with Crippen LogP contribution >= 0.6 is 11.6 Å². The van der Waals surface area contributed by atoms with E-state index < -0.39 is 6.04 Å². The van der Waals surface area contributed by atoms with Crippen molar-refractivity contribution in [1.29, 1.82) is 0 Å². The zero-order valence-electron chi connectivity index (χ0n) is 17.9. The lowest BCUT2D eigenvalue weighted by Gasteiger charge is -2.34. The molecule has 7 heteroatoms. The summed E-state index contributed by atoms with van der Waals surface area (Å²) in [6, 6.07) is 18.4. The van der Waals surface area contributed by atoms with Gasteiger partial charge in [-0.05, 0) is 72.9 Å². The molecule has 1 aromatic heterocycles. The molecule has 0 saturated carbocycles. The molecule has 6 nitrogen and oxygen atoms in total. The zero-order valence-corrected chi connectivity index (χ0v) is 18.7. The van der Waals surface area contributed by atoms with Gasteiger partial charge in [0.15, 0.2) is 0 Å². The monoisotopic (exact) mass is 448 g/mol. The Balaban J connectivity index is 1.38. The second kappa shape index (κ2) is 9.92. The molecule has 1 unspecified atom stereocenters. The number of halogens is 1. The van der Waals surface area contributed by atoms with Gasteiger partial charge in [0.2, 0.25) is 0 Å². The highest BCUT2D eigenvalue weighted by Crippen LogP contribution is 2.34. The summed E-state index contributed by atoms with van der Waals surface area (Å²) in [6.07, 6.45) is 5.00. The van der Waals surface area contributed by atoms with Gasteiger partial charge in [0.25, 0.3) is 5.91 Å². The van der Waals surface area contributed by atoms with Gasteiger partial charge in [-0.1, -0.05) is 28.9 Å². The van der Waals surface area contributed by atoms with Crippen LogP contribution in [0.25, 0.3) is 0 Å². The summed E-state index contributed by atoms with van der Waals surface area (Å²) in [5.74, 6) is 0.137. The van der Waals surface area contributed by atoms with Crippen LogP contribution in [0.15, 0.2) is 78.2 Å². The number of aromatic nitrogens is 1. The molecule has 2 heterocycles. The van der Waals surface area contributed by atoms with E-state index in [0.717, 1.165) is 29.8 Å². The molecule has 164 valence electrons. The lowest BCUT2D eigenvalue weighted by atomic mass is 9.86. The minimum atomic E-state index is -0.410. The quantitative estimate of drug-likeness (QED) is 0.443. The zero-order chi connectivity index (χ0) is 22.5. The van der Waals surface area contributed by atoms with E-state index in [1.165, 1.54) is 0 Å². The molecule has 1 amide bonds. The van der Waals surface area contributed by atoms with Crippen LogP contribution in [-0.2, 0) is 0 Å². The van der Waals surface area contributed by atoms with Gasteiger partial charge in [-0.15, -0.1) is 0 Å². The Morgan fingerprint density at radius 1 is 1.00 bits per heavy atom. The number of hydrogen-bond acceptors (Lipinski definition) is 5. The summed E-state index contributed by atoms with van der Waals surface area (Å²) >= 11 is 5.96. The third-order valence-electron chi connectivity index (χ3n) is 6.15. The van der Waals surface area contributed by atoms with E-state index in [4.69, 9.17) is 11.6 Å². The van der Waals surface area contributed by atoms with Crippen molar-refractivity contribution in [2.24, 2.45) is 11.1 Å². The van der Waals surface area contributed by atoms with E-state index in [1.54, 1.807) is 24.5 Å². The largest absolute Gasteiger partial charge is 0.345 e. The molecule has 1 aliphatic heterocycles. The number of pyridine rings is 1. The van der Waals surface area contributed by atoms with Crippen LogP contribution in [0.2, 0.25) is 5.02 Å². The van der Waals surface area contributed by atoms with Crippen molar-refractivity contribution in [2.45, 2.75) is 18.9 Å². The van der Waals surface area contributed by atoms with Crippen molar-refractivity contribution in [2.75, 3.05) is 25.0 Å². The summed E-state index contributed by atoms with van der Waals surface area (Å²) in [5, 5.41) is 4.02. The number of likely N-dealkylation sites (tertiary alicyclic amines) is 1. The van der Waals surface area contributed by atoms with Crippen LogP contribution in [0.4, 0.5) is 11.4 Å². The van der Waals surface area contributed by atoms with Crippen LogP contribution in [0, 0.1) is 10.8 Å². The Morgan fingerprint density at radius 2 is 1.59 bits per heavy atom. The molecular formula is C25H25ClN4O2. The number of anilines is 2. The molecule has 2 aromatic carbocycles. The molecule has 1 atom stereocenters. The minimum Gasteiger partial charge on any atom is -0.345 e. The van der Waals surface area contributed by atoms with Crippen molar-refractivity contribution in [3.8, 4) is 0 Å². The number of nitrogens with zero attached hydrogens (tertiary/aromatic N) is 4. The lowest BCUT2D eigenvalue weighted by molar-refractivity contribution is 0.0678. The summed E-state index contributed by atoms with van der Waals surface area (Å²) in [7, 11) is 1.98. The molecule has 1 aliphatic rings. The van der Waals surface area contributed by atoms with Gasteiger partial charge in [-0.2, -0.15) is 4.91 Å². The first-order chi connectivity index (χ1) is 15.6. The Bertz CT molecular complexity index is 1050. The fourth-order valence-corrected chi connectivity index (χ4v) is 4.35. The summed E-state index contributed by atoms with van der Waals surface area (Å²) in [4.78, 5) is 32.5. The van der Waals surface area contributed by atoms with Crippen molar-refractivity contribution in [1.82, 2.24) is 9.88 Å². The number of hydrogen-bond donors (Lipinski definition) is 0. The standard InChI is InChI=1S/C25H25ClN4O2/c1-29(23-10-14-27-15-11-23)22-8-4-20(5-9-22)25(31)30-16-12-19(13-17-30)24(28-32)18-2-6-21(26)7-3-18/h2-11,14-15,19,24H,12-13,16-17H2,1H3. The predicted octanol–water partition coefficient (Wildman–Crippen LogP) is 5.86. The molecule has 0 bridgehead atoms. The maximum absolute atomic E-state index is 13.0. The van der Waals surface area contributed by atoms with Crippen LogP contribution in [0.5, 0.6) is 0 Å². The fourth-order valence-electron chi connectivity index (χ4n) is 4.22. The van der Waals surface area contributed by atoms with E-state index in [0.29, 0.717) is 23.7 Å². The Hall–Kier alpha value is -3.25. The number of rotatable bonds is 6. The SMILES string of the molecule is CN(c1ccncc1)c1ccc(C(=O)N2CCC(C(N=O)c3ccc(Cl)cc3)CC2)cc1. The molecule has 0 N–H and O–H groups in total. The van der Waals surface area contributed by atoms with Gasteiger partial charge in [0.1, 0.15) is 6.04 Å². The molecule has 1 fully saturated rings. The van der Waals surface area contributed by atoms with Crippen molar-refractivity contribution < 1.29 is 4.79 Å². The summed E-state index contributed by atoms with van der Waals surface area (Å²) < 4.78 is 0. The first-order valence-corrected chi connectivity index (χ1v) is 11.1. The van der Waals surface area contributed by atoms with Crippen LogP contribution in [0.3, 0.4) is 0 Å². The first kappa shape index (κ1) is 22.0. The normalized spacial score (nSPS) is 15.2. The molecular weight excluding hydrogens is 424 g/mol. The van der Waals surface area contributed by atoms with Crippen LogP contribution in [-0.4, -0.2) is 35.9 Å². The van der Waals surface area contributed by atoms with Gasteiger partial charge in [0, 0.05) is 54.5 Å². The fraction of sp³-hybridized carbons (Fsp3) is 0.280. The molecule has 1 saturated heterocycles. The highest BCUT2D eigenvalue weighted by atomic mass is 35.5. The number of carbonyl (C=O) groups excluding carboxylic acids is 1. The molecule has 3 aromatic rings. The highest BCUT2D eigenvalue weighted by molar-refractivity contribution is 6.30. The Kier molecular flexibility index (Phi) is 6.81. The predicted molar refractivity (Wildman–Crippen MR) is 127 cm³/mol. The molecule has 0 radical (unpaired) electrons. The van der Waals surface area contributed by atoms with Crippen molar-refractivity contribution >= 4 is 28.9 Å². The first-order valence-electron chi connectivity index (χ1n) is 10.7. The number of piperidine rings is 1. The average Bonchev–Trinajstić information content (AvgIpc) is 2.86. The number of benzene rings is 2. The van der Waals surface area contributed by atoms with E-state index in [-0.39, 0.29) is 11.8 Å². The topological polar surface area (TPSA) is 65.9 Å². The second-order valence-electron chi connectivity index (χ2n) is 8.04. The minimum absolute atomic E-state index is 0.0173. The number of carbonyl (C=O) groups is 1. The number of nitroso groups, excluding NO2 is 1. The van der Waals surface area contributed by atoms with E-state index in [9.17, 15) is 9.70 Å². The average molecular weight is 449 g/mol. The Labute approximate surface area is 192 Å². The van der Waals surface area contributed by atoms with E-state index in [1.807, 2.05) is 65.4 Å².